The minimum absolute atomic E-state index is 0.0468. The van der Waals surface area contributed by atoms with Gasteiger partial charge in [-0.3, -0.25) is 9.59 Å². The molecule has 194 valence electrons. The number of benzene rings is 3. The Morgan fingerprint density at radius 3 is 1.57 bits per heavy atom. The number of carbonyl (C=O) groups excluding carboxylic acids is 2. The molecule has 0 bridgehead atoms. The van der Waals surface area contributed by atoms with Gasteiger partial charge < -0.3 is 15.6 Å². The van der Waals surface area contributed by atoms with E-state index in [-0.39, 0.29) is 27.6 Å². The molecule has 0 unspecified atom stereocenters. The SMILES string of the molecule is COc1c(C(C)(C)C)cc(C(=O)N(C(=O)c2ccc(N)cc2)c2ccc(C(=O)O)cc2)cc1C(C)(C)C. The lowest BCUT2D eigenvalue weighted by molar-refractivity contribution is 0.0696. The minimum Gasteiger partial charge on any atom is -0.496 e. The monoisotopic (exact) mass is 502 g/mol. The number of hydrogen-bond donors (Lipinski definition) is 2. The fraction of sp³-hybridized carbons (Fsp3) is 0.300. The Kier molecular flexibility index (Phi) is 7.49. The quantitative estimate of drug-likeness (QED) is 0.324. The highest BCUT2D eigenvalue weighted by molar-refractivity contribution is 6.26. The molecular formula is C30H34N2O5. The van der Waals surface area contributed by atoms with Crippen LogP contribution in [0.15, 0.2) is 60.7 Å². The van der Waals surface area contributed by atoms with Crippen molar-refractivity contribution in [2.45, 2.75) is 52.4 Å². The highest BCUT2D eigenvalue weighted by Crippen LogP contribution is 2.41. The number of nitrogens with zero attached hydrogens (tertiary/aromatic N) is 1. The number of hydrogen-bond acceptors (Lipinski definition) is 5. The van der Waals surface area contributed by atoms with E-state index in [1.54, 1.807) is 43.5 Å². The molecule has 0 aromatic heterocycles. The van der Waals surface area contributed by atoms with Crippen molar-refractivity contribution in [2.75, 3.05) is 17.7 Å². The number of imide groups is 1. The van der Waals surface area contributed by atoms with E-state index in [9.17, 15) is 19.5 Å². The fourth-order valence-corrected chi connectivity index (χ4v) is 4.05. The van der Waals surface area contributed by atoms with Crippen LogP contribution in [-0.2, 0) is 10.8 Å². The van der Waals surface area contributed by atoms with Gasteiger partial charge in [0, 0.05) is 27.9 Å². The molecule has 3 N–H and O–H groups in total. The highest BCUT2D eigenvalue weighted by atomic mass is 16.5. The summed E-state index contributed by atoms with van der Waals surface area (Å²) in [7, 11) is 1.61. The van der Waals surface area contributed by atoms with Crippen LogP contribution in [0.4, 0.5) is 11.4 Å². The Bertz CT molecular complexity index is 1290. The Hall–Kier alpha value is -4.13. The summed E-state index contributed by atoms with van der Waals surface area (Å²) in [5, 5.41) is 9.31. The summed E-state index contributed by atoms with van der Waals surface area (Å²) in [6.07, 6.45) is 0. The molecule has 0 radical (unpaired) electrons. The van der Waals surface area contributed by atoms with Gasteiger partial charge in [0.25, 0.3) is 11.8 Å². The van der Waals surface area contributed by atoms with Crippen molar-refractivity contribution in [1.82, 2.24) is 0 Å². The van der Waals surface area contributed by atoms with Crippen molar-refractivity contribution >= 4 is 29.2 Å². The minimum atomic E-state index is -1.10. The molecule has 0 saturated heterocycles. The van der Waals surface area contributed by atoms with E-state index in [4.69, 9.17) is 10.5 Å². The predicted octanol–water partition coefficient (Wildman–Crippen LogP) is 6.06. The van der Waals surface area contributed by atoms with Gasteiger partial charge in [-0.2, -0.15) is 0 Å². The van der Waals surface area contributed by atoms with Crippen LogP contribution in [0.5, 0.6) is 5.75 Å². The lowest BCUT2D eigenvalue weighted by atomic mass is 9.78. The first-order valence-electron chi connectivity index (χ1n) is 12.0. The lowest BCUT2D eigenvalue weighted by Gasteiger charge is -2.30. The van der Waals surface area contributed by atoms with E-state index < -0.39 is 17.8 Å². The summed E-state index contributed by atoms with van der Waals surface area (Å²) in [6, 6.07) is 15.5. The first-order chi connectivity index (χ1) is 17.1. The van der Waals surface area contributed by atoms with Gasteiger partial charge in [0.05, 0.1) is 18.4 Å². The molecule has 0 saturated carbocycles. The number of methoxy groups -OCH3 is 1. The van der Waals surface area contributed by atoms with Gasteiger partial charge in [-0.1, -0.05) is 41.5 Å². The molecule has 0 aliphatic carbocycles. The van der Waals surface area contributed by atoms with Gasteiger partial charge in [-0.05, 0) is 71.5 Å². The predicted molar refractivity (Wildman–Crippen MR) is 146 cm³/mol. The van der Waals surface area contributed by atoms with E-state index in [0.717, 1.165) is 16.0 Å². The third-order valence-corrected chi connectivity index (χ3v) is 6.09. The average Bonchev–Trinajstić information content (AvgIpc) is 2.82. The van der Waals surface area contributed by atoms with Crippen LogP contribution in [0.2, 0.25) is 0 Å². The summed E-state index contributed by atoms with van der Waals surface area (Å²) in [6.45, 7) is 12.2. The molecule has 0 heterocycles. The molecule has 0 aliphatic heterocycles. The second-order valence-electron chi connectivity index (χ2n) is 11.0. The molecule has 3 aromatic carbocycles. The van der Waals surface area contributed by atoms with Crippen LogP contribution in [0.1, 0.15) is 83.7 Å². The molecule has 7 nitrogen and oxygen atoms in total. The first-order valence-corrected chi connectivity index (χ1v) is 12.0. The van der Waals surface area contributed by atoms with Crippen LogP contribution in [0, 0.1) is 0 Å². The van der Waals surface area contributed by atoms with Gasteiger partial charge in [-0.15, -0.1) is 0 Å². The van der Waals surface area contributed by atoms with E-state index >= 15 is 0 Å². The maximum Gasteiger partial charge on any atom is 0.335 e. The van der Waals surface area contributed by atoms with Crippen molar-refractivity contribution in [3.8, 4) is 5.75 Å². The van der Waals surface area contributed by atoms with Crippen LogP contribution in [0.25, 0.3) is 0 Å². The van der Waals surface area contributed by atoms with Crippen LogP contribution in [-0.4, -0.2) is 30.0 Å². The molecule has 2 amide bonds. The zero-order valence-corrected chi connectivity index (χ0v) is 22.4. The summed E-state index contributed by atoms with van der Waals surface area (Å²) in [5.41, 5.74) is 8.15. The van der Waals surface area contributed by atoms with Gasteiger partial charge in [0.2, 0.25) is 0 Å². The van der Waals surface area contributed by atoms with E-state index in [1.807, 2.05) is 41.5 Å². The number of ether oxygens (including phenoxy) is 1. The first kappa shape index (κ1) is 27.5. The Balaban J connectivity index is 2.26. The van der Waals surface area contributed by atoms with Crippen molar-refractivity contribution in [3.63, 3.8) is 0 Å². The zero-order chi connectivity index (χ0) is 27.7. The molecular weight excluding hydrogens is 468 g/mol. The number of rotatable bonds is 5. The second-order valence-corrected chi connectivity index (χ2v) is 11.0. The molecule has 0 aliphatic rings. The average molecular weight is 503 g/mol. The fourth-order valence-electron chi connectivity index (χ4n) is 4.05. The normalized spacial score (nSPS) is 11.6. The van der Waals surface area contributed by atoms with Crippen molar-refractivity contribution in [1.29, 1.82) is 0 Å². The molecule has 37 heavy (non-hydrogen) atoms. The van der Waals surface area contributed by atoms with Crippen molar-refractivity contribution < 1.29 is 24.2 Å². The summed E-state index contributed by atoms with van der Waals surface area (Å²) in [4.78, 5) is 40.3. The second kappa shape index (κ2) is 10.1. The lowest BCUT2D eigenvalue weighted by Crippen LogP contribution is -2.37. The topological polar surface area (TPSA) is 110 Å². The number of nitrogen functional groups attached to an aromatic ring is 1. The Morgan fingerprint density at radius 1 is 0.730 bits per heavy atom. The van der Waals surface area contributed by atoms with Gasteiger partial charge >= 0.3 is 5.97 Å². The van der Waals surface area contributed by atoms with Crippen LogP contribution < -0.4 is 15.4 Å². The third kappa shape index (κ3) is 5.82. The molecule has 0 spiro atoms. The molecule has 0 atom stereocenters. The van der Waals surface area contributed by atoms with E-state index in [1.165, 1.54) is 24.3 Å². The summed E-state index contributed by atoms with van der Waals surface area (Å²) < 4.78 is 5.81. The number of amides is 2. The number of nitrogens with two attached hydrogens (primary N) is 1. The van der Waals surface area contributed by atoms with Crippen molar-refractivity contribution in [3.05, 3.63) is 88.5 Å². The number of carbonyl (C=O) groups is 3. The highest BCUT2D eigenvalue weighted by Gasteiger charge is 2.32. The Labute approximate surface area is 217 Å². The van der Waals surface area contributed by atoms with Crippen molar-refractivity contribution in [2.24, 2.45) is 0 Å². The van der Waals surface area contributed by atoms with E-state index in [0.29, 0.717) is 17.0 Å². The third-order valence-electron chi connectivity index (χ3n) is 6.09. The largest absolute Gasteiger partial charge is 0.496 e. The van der Waals surface area contributed by atoms with Gasteiger partial charge in [0.15, 0.2) is 0 Å². The number of carboxylic acid groups (broad SMARTS) is 1. The standard InChI is InChI=1S/C30H34N2O5/c1-29(2,3)23-16-20(17-24(25(23)37-7)30(4,5)6)27(34)32(22-14-10-19(11-15-22)28(35)36)26(33)18-8-12-21(31)13-9-18/h8-17H,31H2,1-7H3,(H,35,36). The smallest absolute Gasteiger partial charge is 0.335 e. The molecule has 7 heteroatoms. The van der Waals surface area contributed by atoms with Gasteiger partial charge in [-0.25, -0.2) is 9.69 Å². The van der Waals surface area contributed by atoms with Crippen LogP contribution in [0.3, 0.4) is 0 Å². The Morgan fingerprint density at radius 2 is 1.16 bits per heavy atom. The molecule has 3 aromatic rings. The molecule has 0 fully saturated rings. The summed E-state index contributed by atoms with van der Waals surface area (Å²) >= 11 is 0. The molecule has 3 rings (SSSR count). The number of aromatic carboxylic acids is 1. The maximum absolute atomic E-state index is 14.1. The van der Waals surface area contributed by atoms with Gasteiger partial charge in [0.1, 0.15) is 5.75 Å². The summed E-state index contributed by atoms with van der Waals surface area (Å²) in [5.74, 6) is -1.49. The van der Waals surface area contributed by atoms with Crippen LogP contribution >= 0.6 is 0 Å². The number of carboxylic acids is 1. The zero-order valence-electron chi connectivity index (χ0n) is 22.4. The number of anilines is 2. The maximum atomic E-state index is 14.1. The van der Waals surface area contributed by atoms with E-state index in [2.05, 4.69) is 0 Å².